The van der Waals surface area contributed by atoms with Crippen LogP contribution in [0.3, 0.4) is 0 Å². The van der Waals surface area contributed by atoms with Crippen LogP contribution >= 0.6 is 0 Å². The van der Waals surface area contributed by atoms with Crippen molar-refractivity contribution in [2.24, 2.45) is 0 Å². The van der Waals surface area contributed by atoms with Gasteiger partial charge in [-0.25, -0.2) is 4.39 Å². The van der Waals surface area contributed by atoms with Crippen molar-refractivity contribution in [3.8, 4) is 5.75 Å². The van der Waals surface area contributed by atoms with Gasteiger partial charge >= 0.3 is 58.2 Å². The molecule has 1 nitrogen and oxygen atoms in total. The molecule has 1 aliphatic heterocycles. The van der Waals surface area contributed by atoms with Gasteiger partial charge in [0.25, 0.3) is 0 Å². The van der Waals surface area contributed by atoms with Crippen molar-refractivity contribution in [1.82, 2.24) is 0 Å². The van der Waals surface area contributed by atoms with E-state index in [1.807, 2.05) is 0 Å². The molecule has 1 saturated carbocycles. The summed E-state index contributed by atoms with van der Waals surface area (Å²) in [4.78, 5) is 0. The number of aryl methyl sites for hydroxylation is 2. The molecular weight excluding hydrogens is 404 g/mol. The first-order valence-corrected chi connectivity index (χ1v) is 9.19. The maximum atomic E-state index is 14.2. The first-order chi connectivity index (χ1) is 12.1. The summed E-state index contributed by atoms with van der Waals surface area (Å²) in [6.45, 7) is 1.59. The molecule has 26 heavy (non-hydrogen) atoms. The summed E-state index contributed by atoms with van der Waals surface area (Å²) >= 11 is 0. The van der Waals surface area contributed by atoms with Gasteiger partial charge in [-0.15, -0.1) is 0 Å². The molecule has 4 heteroatoms. The Hall–Kier alpha value is -0.0948. The molecule has 0 N–H and O–H groups in total. The minimum Gasteiger partial charge on any atom is -0.482 e. The van der Waals surface area contributed by atoms with Gasteiger partial charge in [-0.3, -0.25) is 0 Å². The van der Waals surface area contributed by atoms with Crippen LogP contribution < -0.4 is 62.9 Å². The maximum absolute atomic E-state index is 14.2. The average Bonchev–Trinajstić information content (AvgIpc) is 2.67. The molecule has 2 aromatic rings. The first-order valence-electron chi connectivity index (χ1n) is 9.19. The van der Waals surface area contributed by atoms with Crippen molar-refractivity contribution in [1.29, 1.82) is 0 Å². The number of rotatable bonds is 2. The van der Waals surface area contributed by atoms with Crippen LogP contribution in [-0.2, 0) is 6.42 Å². The van der Waals surface area contributed by atoms with Crippen LogP contribution in [0, 0.1) is 25.0 Å². The smallest absolute Gasteiger partial charge is 0.482 e. The fourth-order valence-corrected chi connectivity index (χ4v) is 4.08. The van der Waals surface area contributed by atoms with Gasteiger partial charge < -0.3 is 11.2 Å². The third-order valence-electron chi connectivity index (χ3n) is 5.57. The molecule has 132 valence electrons. The Morgan fingerprint density at radius 1 is 0.962 bits per heavy atom. The molecule has 1 aliphatic carbocycles. The number of benzene rings is 2. The van der Waals surface area contributed by atoms with E-state index in [1.165, 1.54) is 31.2 Å². The van der Waals surface area contributed by atoms with Crippen LogP contribution in [0.15, 0.2) is 30.3 Å². The molecular formula is C22H23F2ORb. The Balaban J connectivity index is 0.00000196. The first kappa shape index (κ1) is 20.6. The van der Waals surface area contributed by atoms with Crippen LogP contribution in [0.1, 0.15) is 66.4 Å². The van der Waals surface area contributed by atoms with E-state index >= 15 is 0 Å². The standard InChI is InChI=1S/C22H23F2O.Rb/c1-14-13-18-11-12-19(25-22(18)21(24)20(14)23)17-9-7-16(8-10-17)15-5-3-2-4-6-15;/h2,7-10,13,15,19H,3-6,11-12H2,1H3;/q-1;+1. The molecule has 2 aliphatic rings. The van der Waals surface area contributed by atoms with E-state index in [0.717, 1.165) is 17.5 Å². The quantitative estimate of drug-likeness (QED) is 0.670. The SMILES string of the molecule is Cc1cc2c(c(F)c1F)OC(c1ccc(C3CC[CH-]CC3)cc1)CC2.[Rb+]. The molecule has 0 radical (unpaired) electrons. The zero-order valence-electron chi connectivity index (χ0n) is 15.5. The van der Waals surface area contributed by atoms with Gasteiger partial charge in [0.05, 0.1) is 0 Å². The van der Waals surface area contributed by atoms with Gasteiger partial charge in [-0.05, 0) is 54.0 Å². The van der Waals surface area contributed by atoms with Gasteiger partial charge in [0.1, 0.15) is 6.10 Å². The molecule has 1 atom stereocenters. The van der Waals surface area contributed by atoms with E-state index < -0.39 is 11.6 Å². The zero-order valence-corrected chi connectivity index (χ0v) is 20.4. The summed E-state index contributed by atoms with van der Waals surface area (Å²) in [7, 11) is 0. The third kappa shape index (κ3) is 4.16. The summed E-state index contributed by atoms with van der Waals surface area (Å²) in [6.07, 6.45) is 8.48. The van der Waals surface area contributed by atoms with Crippen molar-refractivity contribution in [3.63, 3.8) is 0 Å². The van der Waals surface area contributed by atoms with Crippen LogP contribution in [-0.4, -0.2) is 0 Å². The third-order valence-corrected chi connectivity index (χ3v) is 5.57. The maximum Gasteiger partial charge on any atom is 1.00 e. The summed E-state index contributed by atoms with van der Waals surface area (Å²) in [5.74, 6) is -0.925. The summed E-state index contributed by atoms with van der Waals surface area (Å²) < 4.78 is 33.9. The van der Waals surface area contributed by atoms with Gasteiger partial charge in [0.2, 0.25) is 5.82 Å². The predicted molar refractivity (Wildman–Crippen MR) is 94.7 cm³/mol. The van der Waals surface area contributed by atoms with E-state index in [-0.39, 0.29) is 70.0 Å². The predicted octanol–water partition coefficient (Wildman–Crippen LogP) is 3.21. The van der Waals surface area contributed by atoms with Gasteiger partial charge in [-0.2, -0.15) is 17.2 Å². The van der Waals surface area contributed by atoms with Gasteiger partial charge in [0.15, 0.2) is 11.6 Å². The van der Waals surface area contributed by atoms with Crippen molar-refractivity contribution in [3.05, 3.63) is 70.6 Å². The van der Waals surface area contributed by atoms with Crippen LogP contribution in [0.4, 0.5) is 8.78 Å². The summed E-state index contributed by atoms with van der Waals surface area (Å²) in [5.41, 5.74) is 3.52. The Bertz CT molecular complexity index is 767. The molecule has 0 amide bonds. The van der Waals surface area contributed by atoms with E-state index in [9.17, 15) is 8.78 Å². The zero-order chi connectivity index (χ0) is 17.4. The molecule has 4 rings (SSSR count). The van der Waals surface area contributed by atoms with Gasteiger partial charge in [0, 0.05) is 0 Å². The van der Waals surface area contributed by atoms with Crippen LogP contribution in [0.25, 0.3) is 0 Å². The van der Waals surface area contributed by atoms with E-state index in [2.05, 4.69) is 30.7 Å². The Labute approximate surface area is 203 Å². The second kappa shape index (κ2) is 8.94. The average molecular weight is 427 g/mol. The molecule has 0 saturated heterocycles. The summed E-state index contributed by atoms with van der Waals surface area (Å²) in [5, 5.41) is 0. The van der Waals surface area contributed by atoms with E-state index in [0.29, 0.717) is 17.9 Å². The largest absolute Gasteiger partial charge is 1.00 e. The van der Waals surface area contributed by atoms with Crippen LogP contribution in [0.5, 0.6) is 5.75 Å². The number of fused-ring (bicyclic) bond motifs is 1. The normalized spacial score (nSPS) is 20.0. The number of ether oxygens (including phenoxy) is 1. The Kier molecular flexibility index (Phi) is 7.09. The molecule has 0 spiro atoms. The molecule has 0 bridgehead atoms. The van der Waals surface area contributed by atoms with E-state index in [1.54, 1.807) is 13.0 Å². The Morgan fingerprint density at radius 3 is 2.31 bits per heavy atom. The molecule has 0 aromatic heterocycles. The number of hydrogen-bond acceptors (Lipinski definition) is 1. The van der Waals surface area contributed by atoms with Crippen molar-refractivity contribution in [2.45, 2.75) is 57.5 Å². The second-order valence-electron chi connectivity index (χ2n) is 7.26. The van der Waals surface area contributed by atoms with Crippen molar-refractivity contribution >= 4 is 0 Å². The minimum atomic E-state index is -0.852. The number of hydrogen-bond donors (Lipinski definition) is 0. The second-order valence-corrected chi connectivity index (χ2v) is 7.26. The Morgan fingerprint density at radius 2 is 1.62 bits per heavy atom. The summed E-state index contributed by atoms with van der Waals surface area (Å²) in [6, 6.07) is 10.2. The van der Waals surface area contributed by atoms with Gasteiger partial charge in [-0.1, -0.05) is 37.1 Å². The molecule has 1 heterocycles. The topological polar surface area (TPSA) is 9.23 Å². The molecule has 1 fully saturated rings. The van der Waals surface area contributed by atoms with E-state index in [4.69, 9.17) is 4.74 Å². The minimum absolute atomic E-state index is 0. The fourth-order valence-electron chi connectivity index (χ4n) is 4.08. The van der Waals surface area contributed by atoms with Crippen molar-refractivity contribution < 1.29 is 71.7 Å². The van der Waals surface area contributed by atoms with Crippen molar-refractivity contribution in [2.75, 3.05) is 0 Å². The van der Waals surface area contributed by atoms with Crippen LogP contribution in [0.2, 0.25) is 0 Å². The molecule has 1 unspecified atom stereocenters. The number of halogens is 2. The monoisotopic (exact) mass is 426 g/mol. The molecule has 2 aromatic carbocycles. The fraction of sp³-hybridized carbons (Fsp3) is 0.409.